The molecule has 0 radical (unpaired) electrons. The molecule has 0 atom stereocenters. The zero-order chi connectivity index (χ0) is 60.9. The van der Waals surface area contributed by atoms with E-state index in [1.807, 2.05) is 0 Å². The maximum absolute atomic E-state index is 5.26. The first-order chi connectivity index (χ1) is 45.6. The number of hydrogen-bond donors (Lipinski definition) is 0. The van der Waals surface area contributed by atoms with Crippen molar-refractivity contribution in [2.75, 3.05) is 9.80 Å². The van der Waals surface area contributed by atoms with E-state index in [0.717, 1.165) is 146 Å². The summed E-state index contributed by atoms with van der Waals surface area (Å²) in [5, 5.41) is 2.22. The van der Waals surface area contributed by atoms with E-state index in [0.29, 0.717) is 0 Å². The lowest BCUT2D eigenvalue weighted by atomic mass is 10.1. The topological polar surface area (TPSA) is 52.0 Å². The van der Waals surface area contributed by atoms with Gasteiger partial charge in [0.25, 0.3) is 0 Å². The van der Waals surface area contributed by atoms with Gasteiger partial charge >= 0.3 is 0 Å². The van der Waals surface area contributed by atoms with Crippen LogP contribution >= 0.6 is 0 Å². The number of hydrogen-bond acceptors (Lipinski definition) is 4. The highest BCUT2D eigenvalue weighted by atomic mass is 15.2. The zero-order valence-corrected chi connectivity index (χ0v) is 50.1. The molecule has 0 saturated carbocycles. The second-order valence-electron chi connectivity index (χ2n) is 23.1. The Kier molecular flexibility index (Phi) is 13.4. The van der Waals surface area contributed by atoms with E-state index in [1.54, 1.807) is 0 Å². The van der Waals surface area contributed by atoms with Crippen LogP contribution in [0.15, 0.2) is 352 Å². The maximum atomic E-state index is 5.26. The molecule has 8 nitrogen and oxygen atoms in total. The van der Waals surface area contributed by atoms with Crippen LogP contribution in [0.5, 0.6) is 0 Å². The molecule has 0 bridgehead atoms. The smallest absolute Gasteiger partial charge is 0.145 e. The Morgan fingerprint density at radius 2 is 0.478 bits per heavy atom. The summed E-state index contributed by atoms with van der Waals surface area (Å²) in [5.74, 6) is 1.77. The van der Waals surface area contributed by atoms with Gasteiger partial charge in [0.05, 0.1) is 44.5 Å². The Bertz CT molecular complexity index is 5020. The first-order valence-corrected chi connectivity index (χ1v) is 31.1. The molecular weight excluding hydrogens is 1120 g/mol. The molecule has 92 heavy (non-hydrogen) atoms. The van der Waals surface area contributed by atoms with Gasteiger partial charge in [-0.05, 0) is 205 Å². The fraction of sp³-hybridized carbons (Fsp3) is 0. The molecule has 0 N–H and O–H groups in total. The minimum atomic E-state index is 0.887. The molecule has 17 rings (SSSR count). The van der Waals surface area contributed by atoms with Crippen LogP contribution in [-0.4, -0.2) is 28.2 Å². The molecule has 0 spiro atoms. The van der Waals surface area contributed by atoms with Crippen molar-refractivity contribution in [3.05, 3.63) is 352 Å². The Balaban J connectivity index is 0.846. The summed E-state index contributed by atoms with van der Waals surface area (Å²) in [6.45, 7) is 0. The van der Waals surface area contributed by atoms with Crippen LogP contribution in [0.25, 0.3) is 112 Å². The van der Waals surface area contributed by atoms with E-state index >= 15 is 0 Å². The molecular formula is C84H58N8. The predicted octanol–water partition coefficient (Wildman–Crippen LogP) is 21.9. The normalized spacial score (nSPS) is 11.5. The quantitative estimate of drug-likeness (QED) is 0.109. The van der Waals surface area contributed by atoms with Crippen molar-refractivity contribution in [1.82, 2.24) is 28.2 Å². The molecule has 0 aliphatic rings. The van der Waals surface area contributed by atoms with E-state index in [2.05, 4.69) is 380 Å². The molecule has 0 saturated heterocycles. The maximum Gasteiger partial charge on any atom is 0.145 e. The van der Waals surface area contributed by atoms with Gasteiger partial charge < -0.3 is 18.9 Å². The monoisotopic (exact) mass is 1180 g/mol. The number of anilines is 6. The van der Waals surface area contributed by atoms with E-state index in [4.69, 9.17) is 9.97 Å². The number of fused-ring (bicyclic) bond motifs is 4. The summed E-state index contributed by atoms with van der Waals surface area (Å²) >= 11 is 0. The van der Waals surface area contributed by atoms with Crippen molar-refractivity contribution in [2.24, 2.45) is 0 Å². The van der Waals surface area contributed by atoms with E-state index in [-0.39, 0.29) is 0 Å². The van der Waals surface area contributed by atoms with Crippen LogP contribution in [0.3, 0.4) is 0 Å². The van der Waals surface area contributed by atoms with Gasteiger partial charge in [-0.15, -0.1) is 0 Å². The lowest BCUT2D eigenvalue weighted by Gasteiger charge is -2.25. The van der Waals surface area contributed by atoms with Crippen LogP contribution in [0.2, 0.25) is 0 Å². The number of benzene rings is 13. The summed E-state index contributed by atoms with van der Waals surface area (Å²) in [5.41, 5.74) is 23.2. The number of nitrogens with zero attached hydrogens (tertiary/aromatic N) is 8. The van der Waals surface area contributed by atoms with Crippen LogP contribution in [0.4, 0.5) is 34.1 Å². The fourth-order valence-corrected chi connectivity index (χ4v) is 13.3. The molecule has 8 heteroatoms. The third kappa shape index (κ3) is 9.58. The second kappa shape index (κ2) is 22.9. The number of rotatable bonds is 14. The lowest BCUT2D eigenvalue weighted by molar-refractivity contribution is 1.10. The summed E-state index contributed by atoms with van der Waals surface area (Å²) in [7, 11) is 0. The van der Waals surface area contributed by atoms with Gasteiger partial charge in [-0.25, -0.2) is 9.97 Å². The van der Waals surface area contributed by atoms with Gasteiger partial charge in [-0.3, -0.25) is 9.13 Å². The molecule has 4 aromatic heterocycles. The van der Waals surface area contributed by atoms with E-state index in [9.17, 15) is 0 Å². The minimum absolute atomic E-state index is 0.887. The van der Waals surface area contributed by atoms with Gasteiger partial charge in [-0.2, -0.15) is 0 Å². The SMILES string of the molecule is c1ccc(N(c2ccccc2)c2ccc(-c3cc4cc5c(cc(-c6ccc(N(c7ccccc7)c7ccccc7)cc6)n5-c5ccc(-c6nc7ccccc7n6-c6ccccc6)cc5)cc4n3-c3ccc(-c4nc5ccccc5n4-c4ccccc4)cc3)cc2)cc1. The van der Waals surface area contributed by atoms with Gasteiger partial charge in [0, 0.05) is 78.8 Å². The third-order valence-corrected chi connectivity index (χ3v) is 17.5. The Hall–Kier alpha value is -12.5. The Labute approximate surface area is 532 Å². The second-order valence-corrected chi connectivity index (χ2v) is 23.1. The molecule has 434 valence electrons. The molecule has 0 amide bonds. The summed E-state index contributed by atoms with van der Waals surface area (Å²) in [6, 6.07) is 126. The van der Waals surface area contributed by atoms with Crippen molar-refractivity contribution in [1.29, 1.82) is 0 Å². The first-order valence-electron chi connectivity index (χ1n) is 31.1. The predicted molar refractivity (Wildman–Crippen MR) is 380 cm³/mol. The van der Waals surface area contributed by atoms with Crippen LogP contribution < -0.4 is 9.80 Å². The molecule has 4 heterocycles. The van der Waals surface area contributed by atoms with E-state index < -0.39 is 0 Å². The van der Waals surface area contributed by atoms with E-state index in [1.165, 1.54) is 0 Å². The molecule has 0 unspecified atom stereocenters. The fourth-order valence-electron chi connectivity index (χ4n) is 13.3. The summed E-state index contributed by atoms with van der Waals surface area (Å²) < 4.78 is 9.39. The number of imidazole rings is 2. The average Bonchev–Trinajstić information content (AvgIpc) is 1.59. The number of aromatic nitrogens is 6. The summed E-state index contributed by atoms with van der Waals surface area (Å²) in [6.07, 6.45) is 0. The minimum Gasteiger partial charge on any atom is -0.311 e. The highest BCUT2D eigenvalue weighted by molar-refractivity contribution is 6.03. The van der Waals surface area contributed by atoms with Gasteiger partial charge in [0.2, 0.25) is 0 Å². The standard InChI is InChI=1S/C84H58N8/c1-7-23-65(24-8-1)87(66-25-9-2-10-26-66)71-47-39-59(40-48-71)79-55-63-57-82-64(58-81(63)89(79)73-51-43-61(44-52-73)83-85-75-35-19-21-37-77(75)91(83)69-31-15-5-16-32-69)56-80(60-41-49-72(50-42-60)88(67-27-11-3-12-28-67)68-29-13-4-14-30-68)90(82)74-53-45-62(46-54-74)84-86-76-36-20-22-38-78(76)92(84)70-33-17-6-18-34-70/h1-58H. The van der Waals surface area contributed by atoms with Crippen molar-refractivity contribution < 1.29 is 0 Å². The van der Waals surface area contributed by atoms with Crippen molar-refractivity contribution in [3.63, 3.8) is 0 Å². The Morgan fingerprint density at radius 1 is 0.207 bits per heavy atom. The summed E-state index contributed by atoms with van der Waals surface area (Å²) in [4.78, 5) is 15.1. The average molecular weight is 1180 g/mol. The van der Waals surface area contributed by atoms with Crippen LogP contribution in [0, 0.1) is 0 Å². The van der Waals surface area contributed by atoms with Crippen molar-refractivity contribution >= 4 is 78.0 Å². The molecule has 13 aromatic carbocycles. The third-order valence-electron chi connectivity index (χ3n) is 17.5. The van der Waals surface area contributed by atoms with Gasteiger partial charge in [0.15, 0.2) is 0 Å². The highest BCUT2D eigenvalue weighted by Crippen LogP contribution is 2.43. The highest BCUT2D eigenvalue weighted by Gasteiger charge is 2.23. The molecule has 0 aliphatic carbocycles. The number of para-hydroxylation sites is 10. The van der Waals surface area contributed by atoms with Crippen molar-refractivity contribution in [2.45, 2.75) is 0 Å². The van der Waals surface area contributed by atoms with Gasteiger partial charge in [0.1, 0.15) is 11.6 Å². The zero-order valence-electron chi connectivity index (χ0n) is 50.1. The lowest BCUT2D eigenvalue weighted by Crippen LogP contribution is -2.09. The van der Waals surface area contributed by atoms with Crippen molar-refractivity contribution in [3.8, 4) is 68.0 Å². The van der Waals surface area contributed by atoms with Crippen LogP contribution in [-0.2, 0) is 0 Å². The first kappa shape index (κ1) is 53.7. The molecule has 17 aromatic rings. The molecule has 0 fully saturated rings. The largest absolute Gasteiger partial charge is 0.311 e. The Morgan fingerprint density at radius 3 is 0.815 bits per heavy atom. The van der Waals surface area contributed by atoms with Gasteiger partial charge in [-0.1, -0.05) is 158 Å². The van der Waals surface area contributed by atoms with Crippen LogP contribution in [0.1, 0.15) is 0 Å². The molecule has 0 aliphatic heterocycles.